The van der Waals surface area contributed by atoms with Gasteiger partial charge >= 0.3 is 0 Å². The molecule has 96 valence electrons. The van der Waals surface area contributed by atoms with Gasteiger partial charge in [-0.2, -0.15) is 0 Å². The van der Waals surface area contributed by atoms with Gasteiger partial charge in [0.25, 0.3) is 0 Å². The van der Waals surface area contributed by atoms with E-state index in [0.29, 0.717) is 13.6 Å². The fraction of sp³-hybridized carbons (Fsp3) is 0. The number of thiophene rings is 1. The lowest BCUT2D eigenvalue weighted by Gasteiger charge is -1.99. The van der Waals surface area contributed by atoms with Gasteiger partial charge in [-0.3, -0.25) is 0 Å². The minimum Gasteiger partial charge on any atom is -0.248 e. The Morgan fingerprint density at radius 2 is 1.83 bits per heavy atom. The van der Waals surface area contributed by atoms with Crippen molar-refractivity contribution in [3.8, 4) is 0 Å². The minimum absolute atomic E-state index is 0.00587. The normalized spacial score (nSPS) is 13.4. The second kappa shape index (κ2) is 5.22. The predicted octanol–water partition coefficient (Wildman–Crippen LogP) is 2.32. The molecule has 0 saturated heterocycles. The van der Waals surface area contributed by atoms with Crippen LogP contribution in [-0.2, 0) is 20.8 Å². The number of hydrogen-bond acceptors (Lipinski definition) is 4. The Morgan fingerprint density at radius 3 is 2.33 bits per heavy atom. The molecule has 1 heterocycles. The van der Waals surface area contributed by atoms with Gasteiger partial charge in [0, 0.05) is 9.37 Å². The van der Waals surface area contributed by atoms with Crippen molar-refractivity contribution in [2.45, 2.75) is 13.3 Å². The fourth-order valence-electron chi connectivity index (χ4n) is 1.25. The molecule has 1 aromatic heterocycles. The van der Waals surface area contributed by atoms with Crippen LogP contribution in [-0.4, -0.2) is 12.6 Å². The SMILES string of the molecule is NS(=O)(=O)c1cc(Br)c([S@](=O)c2ccccc2)s1. The summed E-state index contributed by atoms with van der Waals surface area (Å²) < 4.78 is 35.6. The third-order valence-corrected chi connectivity index (χ3v) is 7.50. The zero-order chi connectivity index (χ0) is 13.3. The van der Waals surface area contributed by atoms with Crippen LogP contribution in [0.3, 0.4) is 0 Å². The lowest BCUT2D eigenvalue weighted by molar-refractivity contribution is 0.600. The van der Waals surface area contributed by atoms with Crippen molar-refractivity contribution >= 4 is 48.1 Å². The van der Waals surface area contributed by atoms with E-state index in [4.69, 9.17) is 5.14 Å². The molecule has 0 radical (unpaired) electrons. The standard InChI is InChI=1S/C10H8BrNO3S3/c11-8-6-9(18(12,14)15)16-10(8)17(13)7-4-2-1-3-5-7/h1-6H,(H2,12,14,15)/t17-/m1/s1. The average Bonchev–Trinajstić information content (AvgIpc) is 2.71. The van der Waals surface area contributed by atoms with Crippen LogP contribution in [0.2, 0.25) is 0 Å². The second-order valence-corrected chi connectivity index (χ2v) is 8.70. The second-order valence-electron chi connectivity index (χ2n) is 3.33. The lowest BCUT2D eigenvalue weighted by atomic mass is 10.4. The van der Waals surface area contributed by atoms with Gasteiger partial charge in [0.05, 0.1) is 10.8 Å². The molecule has 0 saturated carbocycles. The molecule has 0 unspecified atom stereocenters. The number of halogens is 1. The van der Waals surface area contributed by atoms with Crippen molar-refractivity contribution in [3.05, 3.63) is 40.9 Å². The van der Waals surface area contributed by atoms with Crippen LogP contribution in [0, 0.1) is 0 Å². The lowest BCUT2D eigenvalue weighted by Crippen LogP contribution is -2.09. The molecule has 2 aromatic rings. The Balaban J connectivity index is 2.47. The monoisotopic (exact) mass is 365 g/mol. The van der Waals surface area contributed by atoms with Crippen LogP contribution in [0.25, 0.3) is 0 Å². The Kier molecular flexibility index (Phi) is 4.02. The minimum atomic E-state index is -3.77. The summed E-state index contributed by atoms with van der Waals surface area (Å²) in [5.74, 6) is 0. The van der Waals surface area contributed by atoms with Crippen molar-refractivity contribution in [1.29, 1.82) is 0 Å². The quantitative estimate of drug-likeness (QED) is 0.906. The molecule has 0 fully saturated rings. The summed E-state index contributed by atoms with van der Waals surface area (Å²) in [6.45, 7) is 0. The number of benzene rings is 1. The molecule has 2 rings (SSSR count). The van der Waals surface area contributed by atoms with Gasteiger partial charge in [0.2, 0.25) is 10.0 Å². The third-order valence-electron chi connectivity index (χ3n) is 2.04. The Labute approximate surface area is 119 Å². The van der Waals surface area contributed by atoms with E-state index in [-0.39, 0.29) is 4.21 Å². The van der Waals surface area contributed by atoms with Crippen LogP contribution in [0.15, 0.2) is 54.2 Å². The fourth-order valence-corrected chi connectivity index (χ4v) is 5.85. The summed E-state index contributed by atoms with van der Waals surface area (Å²) in [5, 5.41) is 5.04. The smallest absolute Gasteiger partial charge is 0.247 e. The van der Waals surface area contributed by atoms with E-state index >= 15 is 0 Å². The number of nitrogens with two attached hydrogens (primary N) is 1. The zero-order valence-corrected chi connectivity index (χ0v) is 12.9. The summed E-state index contributed by atoms with van der Waals surface area (Å²) in [6, 6.07) is 10.2. The van der Waals surface area contributed by atoms with Crippen molar-refractivity contribution in [2.24, 2.45) is 5.14 Å². The van der Waals surface area contributed by atoms with E-state index in [0.717, 1.165) is 11.3 Å². The van der Waals surface area contributed by atoms with Crippen molar-refractivity contribution in [2.75, 3.05) is 0 Å². The molecule has 1 atom stereocenters. The first kappa shape index (κ1) is 13.9. The molecule has 0 bridgehead atoms. The highest BCUT2D eigenvalue weighted by atomic mass is 79.9. The van der Waals surface area contributed by atoms with Gasteiger partial charge in [-0.1, -0.05) is 18.2 Å². The van der Waals surface area contributed by atoms with E-state index < -0.39 is 20.8 Å². The predicted molar refractivity (Wildman–Crippen MR) is 74.5 cm³/mol. The van der Waals surface area contributed by atoms with Gasteiger partial charge < -0.3 is 0 Å². The average molecular weight is 366 g/mol. The molecule has 0 spiro atoms. The van der Waals surface area contributed by atoms with Crippen LogP contribution >= 0.6 is 27.3 Å². The van der Waals surface area contributed by atoms with E-state index in [1.54, 1.807) is 24.3 Å². The molecule has 0 amide bonds. The van der Waals surface area contributed by atoms with Gasteiger partial charge in [0.1, 0.15) is 8.42 Å². The molecule has 4 nitrogen and oxygen atoms in total. The number of primary sulfonamides is 1. The molecule has 0 aliphatic carbocycles. The summed E-state index contributed by atoms with van der Waals surface area (Å²) >= 11 is 4.11. The van der Waals surface area contributed by atoms with Crippen LogP contribution in [0.5, 0.6) is 0 Å². The number of rotatable bonds is 3. The highest BCUT2D eigenvalue weighted by Gasteiger charge is 2.20. The maximum Gasteiger partial charge on any atom is 0.247 e. The third kappa shape index (κ3) is 2.89. The molecule has 0 aliphatic heterocycles. The zero-order valence-electron chi connectivity index (χ0n) is 8.87. The summed E-state index contributed by atoms with van der Waals surface area (Å²) in [4.78, 5) is 0.612. The Morgan fingerprint density at radius 1 is 1.22 bits per heavy atom. The van der Waals surface area contributed by atoms with Crippen LogP contribution in [0.4, 0.5) is 0 Å². The van der Waals surface area contributed by atoms with Crippen molar-refractivity contribution in [1.82, 2.24) is 0 Å². The molecule has 1 aromatic carbocycles. The summed E-state index contributed by atoms with van der Waals surface area (Å²) in [6.07, 6.45) is 0. The first-order valence-corrected chi connectivity index (χ1v) is 8.99. The Bertz CT molecular complexity index is 694. The van der Waals surface area contributed by atoms with Crippen LogP contribution in [0.1, 0.15) is 0 Å². The Hall–Kier alpha value is -0.540. The van der Waals surface area contributed by atoms with Crippen molar-refractivity contribution < 1.29 is 12.6 Å². The molecule has 8 heteroatoms. The first-order valence-electron chi connectivity index (χ1n) is 4.68. The molecular formula is C10H8BrNO3S3. The highest BCUT2D eigenvalue weighted by Crippen LogP contribution is 2.34. The summed E-state index contributed by atoms with van der Waals surface area (Å²) in [5.41, 5.74) is 0. The number of sulfonamides is 1. The maximum atomic E-state index is 12.3. The highest BCUT2D eigenvalue weighted by molar-refractivity contribution is 9.10. The van der Waals surface area contributed by atoms with Gasteiger partial charge in [-0.15, -0.1) is 11.3 Å². The van der Waals surface area contributed by atoms with E-state index in [2.05, 4.69) is 15.9 Å². The molecule has 2 N–H and O–H groups in total. The maximum absolute atomic E-state index is 12.3. The van der Waals surface area contributed by atoms with Crippen molar-refractivity contribution in [3.63, 3.8) is 0 Å². The van der Waals surface area contributed by atoms with E-state index in [1.807, 2.05) is 6.07 Å². The largest absolute Gasteiger partial charge is 0.248 e. The molecular weight excluding hydrogens is 358 g/mol. The van der Waals surface area contributed by atoms with Gasteiger partial charge in [-0.25, -0.2) is 17.8 Å². The van der Waals surface area contributed by atoms with Gasteiger partial charge in [0.15, 0.2) is 0 Å². The van der Waals surface area contributed by atoms with E-state index in [9.17, 15) is 12.6 Å². The van der Waals surface area contributed by atoms with E-state index in [1.165, 1.54) is 6.07 Å². The summed E-state index contributed by atoms with van der Waals surface area (Å²) in [7, 11) is -5.19. The topological polar surface area (TPSA) is 77.2 Å². The molecule has 0 aliphatic rings. The number of hydrogen-bond donors (Lipinski definition) is 1. The first-order chi connectivity index (χ1) is 8.39. The van der Waals surface area contributed by atoms with Crippen LogP contribution < -0.4 is 5.14 Å². The molecule has 18 heavy (non-hydrogen) atoms. The van der Waals surface area contributed by atoms with Gasteiger partial charge in [-0.05, 0) is 34.1 Å².